The Morgan fingerprint density at radius 2 is 1.22 bits per heavy atom. The molecule has 2 nitrogen and oxygen atoms in total. The van der Waals surface area contributed by atoms with Crippen molar-refractivity contribution in [2.75, 3.05) is 5.73 Å². The number of pyridine rings is 1. The molecular formula is C21H16N2. The molecule has 1 heterocycles. The fraction of sp³-hybridized carbons (Fsp3) is 0. The minimum atomic E-state index is 0.566. The first-order valence-electron chi connectivity index (χ1n) is 7.62. The van der Waals surface area contributed by atoms with Gasteiger partial charge in [-0.2, -0.15) is 0 Å². The van der Waals surface area contributed by atoms with Gasteiger partial charge >= 0.3 is 0 Å². The van der Waals surface area contributed by atoms with Gasteiger partial charge in [0.05, 0.1) is 5.52 Å². The molecule has 2 heteroatoms. The summed E-state index contributed by atoms with van der Waals surface area (Å²) in [6.07, 6.45) is 0. The number of nitrogen functional groups attached to an aromatic ring is 1. The van der Waals surface area contributed by atoms with Crippen LogP contribution in [0.2, 0.25) is 0 Å². The fourth-order valence-electron chi connectivity index (χ4n) is 2.83. The molecule has 23 heavy (non-hydrogen) atoms. The summed E-state index contributed by atoms with van der Waals surface area (Å²) in [6, 6.07) is 28.9. The first kappa shape index (κ1) is 13.5. The molecule has 0 atom stereocenters. The lowest BCUT2D eigenvalue weighted by Crippen LogP contribution is -1.95. The van der Waals surface area contributed by atoms with Gasteiger partial charge in [-0.1, -0.05) is 72.8 Å². The van der Waals surface area contributed by atoms with Crippen LogP contribution in [0.3, 0.4) is 0 Å². The van der Waals surface area contributed by atoms with Gasteiger partial charge in [-0.25, -0.2) is 4.98 Å². The van der Waals surface area contributed by atoms with Gasteiger partial charge in [0.2, 0.25) is 0 Å². The van der Waals surface area contributed by atoms with Gasteiger partial charge in [-0.15, -0.1) is 0 Å². The van der Waals surface area contributed by atoms with E-state index in [1.807, 2.05) is 24.3 Å². The molecule has 1 aromatic heterocycles. The molecule has 0 saturated carbocycles. The van der Waals surface area contributed by atoms with Crippen molar-refractivity contribution in [1.29, 1.82) is 0 Å². The SMILES string of the molecule is Nc1nc2ccccc2cc1-c1ccc(-c2ccccc2)cc1. The second-order valence-corrected chi connectivity index (χ2v) is 5.56. The molecule has 0 bridgehead atoms. The Balaban J connectivity index is 1.78. The zero-order chi connectivity index (χ0) is 15.6. The molecule has 0 aliphatic carbocycles. The highest BCUT2D eigenvalue weighted by Crippen LogP contribution is 2.30. The van der Waals surface area contributed by atoms with Crippen molar-refractivity contribution < 1.29 is 0 Å². The van der Waals surface area contributed by atoms with Gasteiger partial charge in [0, 0.05) is 10.9 Å². The fourth-order valence-corrected chi connectivity index (χ4v) is 2.83. The molecule has 0 saturated heterocycles. The van der Waals surface area contributed by atoms with E-state index in [2.05, 4.69) is 65.6 Å². The zero-order valence-corrected chi connectivity index (χ0v) is 12.6. The molecule has 2 N–H and O–H groups in total. The maximum Gasteiger partial charge on any atom is 0.131 e. The Labute approximate surface area is 135 Å². The molecule has 3 aromatic carbocycles. The number of rotatable bonds is 2. The molecule has 110 valence electrons. The lowest BCUT2D eigenvalue weighted by molar-refractivity contribution is 1.41. The van der Waals surface area contributed by atoms with E-state index in [-0.39, 0.29) is 0 Å². The molecule has 0 fully saturated rings. The van der Waals surface area contributed by atoms with Crippen LogP contribution in [0.1, 0.15) is 0 Å². The molecule has 0 aliphatic heterocycles. The molecule has 0 amide bonds. The highest BCUT2D eigenvalue weighted by atomic mass is 14.8. The average molecular weight is 296 g/mol. The van der Waals surface area contributed by atoms with Crippen LogP contribution in [0.4, 0.5) is 5.82 Å². The number of hydrogen-bond acceptors (Lipinski definition) is 2. The third kappa shape index (κ3) is 2.55. The predicted octanol–water partition coefficient (Wildman–Crippen LogP) is 5.15. The quantitative estimate of drug-likeness (QED) is 0.555. The monoisotopic (exact) mass is 296 g/mol. The number of benzene rings is 3. The van der Waals surface area contributed by atoms with Crippen LogP contribution in [0.15, 0.2) is 84.9 Å². The van der Waals surface area contributed by atoms with E-state index in [9.17, 15) is 0 Å². The second kappa shape index (κ2) is 5.58. The molecular weight excluding hydrogens is 280 g/mol. The van der Waals surface area contributed by atoms with Crippen molar-refractivity contribution in [2.45, 2.75) is 0 Å². The average Bonchev–Trinajstić information content (AvgIpc) is 2.62. The van der Waals surface area contributed by atoms with Crippen molar-refractivity contribution in [2.24, 2.45) is 0 Å². The third-order valence-corrected chi connectivity index (χ3v) is 4.06. The zero-order valence-electron chi connectivity index (χ0n) is 12.6. The first-order valence-corrected chi connectivity index (χ1v) is 7.62. The van der Waals surface area contributed by atoms with E-state index in [0.717, 1.165) is 22.0 Å². The summed E-state index contributed by atoms with van der Waals surface area (Å²) in [7, 11) is 0. The van der Waals surface area contributed by atoms with E-state index in [0.29, 0.717) is 5.82 Å². The maximum atomic E-state index is 6.16. The first-order chi connectivity index (χ1) is 11.3. The van der Waals surface area contributed by atoms with E-state index in [4.69, 9.17) is 5.73 Å². The van der Waals surface area contributed by atoms with Crippen LogP contribution < -0.4 is 5.73 Å². The Kier molecular flexibility index (Phi) is 3.28. The molecule has 0 radical (unpaired) electrons. The van der Waals surface area contributed by atoms with Crippen molar-refractivity contribution in [3.63, 3.8) is 0 Å². The highest BCUT2D eigenvalue weighted by Gasteiger charge is 2.07. The van der Waals surface area contributed by atoms with E-state index in [1.54, 1.807) is 0 Å². The molecule has 4 rings (SSSR count). The minimum Gasteiger partial charge on any atom is -0.383 e. The molecule has 0 aliphatic rings. The Morgan fingerprint density at radius 3 is 2.00 bits per heavy atom. The highest BCUT2D eigenvalue weighted by molar-refractivity contribution is 5.89. The summed E-state index contributed by atoms with van der Waals surface area (Å²) in [5.41, 5.74) is 11.5. The Hall–Kier alpha value is -3.13. The van der Waals surface area contributed by atoms with E-state index >= 15 is 0 Å². The maximum absolute atomic E-state index is 6.16. The largest absolute Gasteiger partial charge is 0.383 e. The van der Waals surface area contributed by atoms with Gasteiger partial charge in [0.1, 0.15) is 5.82 Å². The lowest BCUT2D eigenvalue weighted by Gasteiger charge is -2.09. The summed E-state index contributed by atoms with van der Waals surface area (Å²) < 4.78 is 0. The van der Waals surface area contributed by atoms with Gasteiger partial charge in [0.15, 0.2) is 0 Å². The van der Waals surface area contributed by atoms with Crippen LogP contribution in [-0.4, -0.2) is 4.98 Å². The number of nitrogens with zero attached hydrogens (tertiary/aromatic N) is 1. The number of nitrogens with two attached hydrogens (primary N) is 1. The summed E-state index contributed by atoms with van der Waals surface area (Å²) in [4.78, 5) is 4.51. The van der Waals surface area contributed by atoms with Crippen molar-refractivity contribution >= 4 is 16.7 Å². The Morgan fingerprint density at radius 1 is 0.609 bits per heavy atom. The van der Waals surface area contributed by atoms with Crippen molar-refractivity contribution in [3.8, 4) is 22.3 Å². The van der Waals surface area contributed by atoms with Gasteiger partial charge in [0.25, 0.3) is 0 Å². The van der Waals surface area contributed by atoms with Crippen LogP contribution in [0, 0.1) is 0 Å². The van der Waals surface area contributed by atoms with Crippen LogP contribution >= 0.6 is 0 Å². The van der Waals surface area contributed by atoms with Gasteiger partial charge < -0.3 is 5.73 Å². The van der Waals surface area contributed by atoms with Crippen molar-refractivity contribution in [3.05, 3.63) is 84.9 Å². The molecule has 0 unspecified atom stereocenters. The number of anilines is 1. The Bertz CT molecular complexity index is 958. The number of fused-ring (bicyclic) bond motifs is 1. The topological polar surface area (TPSA) is 38.9 Å². The lowest BCUT2D eigenvalue weighted by atomic mass is 10.00. The standard InChI is InChI=1S/C21H16N2/c22-21-19(14-18-8-4-5-9-20(18)23-21)17-12-10-16(11-13-17)15-6-2-1-3-7-15/h1-14H,(H2,22,23). The summed E-state index contributed by atoms with van der Waals surface area (Å²) >= 11 is 0. The van der Waals surface area contributed by atoms with Crippen LogP contribution in [0.25, 0.3) is 33.2 Å². The van der Waals surface area contributed by atoms with Crippen LogP contribution in [0.5, 0.6) is 0 Å². The smallest absolute Gasteiger partial charge is 0.131 e. The third-order valence-electron chi connectivity index (χ3n) is 4.06. The van der Waals surface area contributed by atoms with Gasteiger partial charge in [-0.05, 0) is 28.8 Å². The number of para-hydroxylation sites is 1. The van der Waals surface area contributed by atoms with E-state index in [1.165, 1.54) is 11.1 Å². The van der Waals surface area contributed by atoms with Crippen LogP contribution in [-0.2, 0) is 0 Å². The number of hydrogen-bond donors (Lipinski definition) is 1. The number of aromatic nitrogens is 1. The van der Waals surface area contributed by atoms with Gasteiger partial charge in [-0.3, -0.25) is 0 Å². The summed E-state index contributed by atoms with van der Waals surface area (Å²) in [5.74, 6) is 0.566. The normalized spacial score (nSPS) is 10.8. The van der Waals surface area contributed by atoms with E-state index < -0.39 is 0 Å². The minimum absolute atomic E-state index is 0.566. The second-order valence-electron chi connectivity index (χ2n) is 5.56. The molecule has 4 aromatic rings. The predicted molar refractivity (Wildman–Crippen MR) is 97.0 cm³/mol. The summed E-state index contributed by atoms with van der Waals surface area (Å²) in [6.45, 7) is 0. The molecule has 0 spiro atoms. The van der Waals surface area contributed by atoms with Crippen molar-refractivity contribution in [1.82, 2.24) is 4.98 Å². The summed E-state index contributed by atoms with van der Waals surface area (Å²) in [5, 5.41) is 1.10.